The molecular formula is C29H34ClN3O4S. The molecule has 0 aliphatic carbocycles. The molecule has 3 aromatic carbocycles. The van der Waals surface area contributed by atoms with Crippen LogP contribution in [-0.2, 0) is 26.2 Å². The summed E-state index contributed by atoms with van der Waals surface area (Å²) in [5, 5.41) is 3.46. The van der Waals surface area contributed by atoms with Crippen LogP contribution < -0.4 is 9.62 Å². The third-order valence-corrected chi connectivity index (χ3v) is 7.90. The van der Waals surface area contributed by atoms with Gasteiger partial charge in [-0.25, -0.2) is 8.42 Å². The maximum Gasteiger partial charge on any atom is 0.264 e. The number of hydrogen-bond donors (Lipinski definition) is 1. The number of carbonyl (C=O) groups is 2. The number of nitrogens with one attached hydrogen (secondary N) is 1. The minimum atomic E-state index is -4.08. The lowest BCUT2D eigenvalue weighted by Gasteiger charge is -2.33. The van der Waals surface area contributed by atoms with E-state index in [1.807, 2.05) is 27.7 Å². The molecule has 2 amide bonds. The first-order valence-corrected chi connectivity index (χ1v) is 14.1. The summed E-state index contributed by atoms with van der Waals surface area (Å²) in [7, 11) is -4.08. The van der Waals surface area contributed by atoms with E-state index in [1.165, 1.54) is 17.0 Å². The predicted molar refractivity (Wildman–Crippen MR) is 152 cm³/mol. The van der Waals surface area contributed by atoms with Crippen LogP contribution in [0.3, 0.4) is 0 Å². The molecule has 9 heteroatoms. The Morgan fingerprint density at radius 1 is 0.921 bits per heavy atom. The Morgan fingerprint density at radius 3 is 2.05 bits per heavy atom. The Balaban J connectivity index is 2.01. The van der Waals surface area contributed by atoms with Crippen molar-refractivity contribution in [2.24, 2.45) is 0 Å². The van der Waals surface area contributed by atoms with E-state index in [0.717, 1.165) is 15.4 Å². The SMILES string of the molecule is Cc1ccc(N(CC(=O)N(Cc2ccc(Cl)cc2)[C@H](C)C(=O)NC(C)(C)C)S(=O)(=O)c2ccccc2)cc1. The number of carbonyl (C=O) groups excluding carboxylic acids is 2. The number of hydrogen-bond acceptors (Lipinski definition) is 4. The summed E-state index contributed by atoms with van der Waals surface area (Å²) in [5.74, 6) is -0.857. The lowest BCUT2D eigenvalue weighted by atomic mass is 10.1. The normalized spacial score (nSPS) is 12.5. The number of sulfonamides is 1. The van der Waals surface area contributed by atoms with Crippen LogP contribution in [0.25, 0.3) is 0 Å². The summed E-state index contributed by atoms with van der Waals surface area (Å²) in [5.41, 5.74) is 1.55. The van der Waals surface area contributed by atoms with Crippen molar-refractivity contribution in [2.45, 2.75) is 57.6 Å². The van der Waals surface area contributed by atoms with Crippen molar-refractivity contribution in [1.29, 1.82) is 0 Å². The van der Waals surface area contributed by atoms with Crippen LogP contribution in [-0.4, -0.2) is 43.3 Å². The maximum atomic E-state index is 13.9. The van der Waals surface area contributed by atoms with Crippen LogP contribution in [0.4, 0.5) is 5.69 Å². The van der Waals surface area contributed by atoms with Crippen molar-refractivity contribution >= 4 is 39.1 Å². The molecule has 0 saturated heterocycles. The summed E-state index contributed by atoms with van der Waals surface area (Å²) in [4.78, 5) is 28.4. The van der Waals surface area contributed by atoms with E-state index in [2.05, 4.69) is 5.32 Å². The first-order chi connectivity index (χ1) is 17.8. The highest BCUT2D eigenvalue weighted by Crippen LogP contribution is 2.25. The lowest BCUT2D eigenvalue weighted by Crippen LogP contribution is -2.54. The molecule has 3 aromatic rings. The van der Waals surface area contributed by atoms with Crippen molar-refractivity contribution in [2.75, 3.05) is 10.8 Å². The largest absolute Gasteiger partial charge is 0.350 e. The second kappa shape index (κ2) is 12.0. The van der Waals surface area contributed by atoms with Crippen LogP contribution in [0.1, 0.15) is 38.8 Å². The summed E-state index contributed by atoms with van der Waals surface area (Å²) in [6.07, 6.45) is 0. The van der Waals surface area contributed by atoms with E-state index in [-0.39, 0.29) is 17.3 Å². The highest BCUT2D eigenvalue weighted by atomic mass is 35.5. The number of aryl methyl sites for hydroxylation is 1. The van der Waals surface area contributed by atoms with E-state index in [1.54, 1.807) is 73.7 Å². The van der Waals surface area contributed by atoms with Gasteiger partial charge in [0.1, 0.15) is 12.6 Å². The molecule has 1 N–H and O–H groups in total. The summed E-state index contributed by atoms with van der Waals surface area (Å²) in [6, 6.07) is 21.0. The van der Waals surface area contributed by atoms with Crippen molar-refractivity contribution < 1.29 is 18.0 Å². The van der Waals surface area contributed by atoms with Crippen molar-refractivity contribution in [3.8, 4) is 0 Å². The lowest BCUT2D eigenvalue weighted by molar-refractivity contribution is -0.140. The molecule has 0 bridgehead atoms. The third kappa shape index (κ3) is 7.58. The first-order valence-electron chi connectivity index (χ1n) is 12.3. The molecule has 202 valence electrons. The fourth-order valence-electron chi connectivity index (χ4n) is 3.80. The molecule has 38 heavy (non-hydrogen) atoms. The number of anilines is 1. The Bertz CT molecular complexity index is 1350. The molecule has 0 fully saturated rings. The molecule has 1 atom stereocenters. The van der Waals surface area contributed by atoms with Gasteiger partial charge in [0.2, 0.25) is 11.8 Å². The van der Waals surface area contributed by atoms with E-state index >= 15 is 0 Å². The highest BCUT2D eigenvalue weighted by molar-refractivity contribution is 7.92. The van der Waals surface area contributed by atoms with E-state index in [4.69, 9.17) is 11.6 Å². The third-order valence-electron chi connectivity index (χ3n) is 5.86. The summed E-state index contributed by atoms with van der Waals surface area (Å²) < 4.78 is 28.5. The van der Waals surface area contributed by atoms with Gasteiger partial charge >= 0.3 is 0 Å². The second-order valence-corrected chi connectivity index (χ2v) is 12.5. The molecule has 7 nitrogen and oxygen atoms in total. The zero-order valence-corrected chi connectivity index (χ0v) is 23.9. The molecule has 0 heterocycles. The van der Waals surface area contributed by atoms with Gasteiger partial charge in [-0.15, -0.1) is 0 Å². The van der Waals surface area contributed by atoms with Gasteiger partial charge in [-0.3, -0.25) is 13.9 Å². The maximum absolute atomic E-state index is 13.9. The second-order valence-electron chi connectivity index (χ2n) is 10.2. The molecular weight excluding hydrogens is 522 g/mol. The number of nitrogens with zero attached hydrogens (tertiary/aromatic N) is 2. The molecule has 0 unspecified atom stereocenters. The zero-order chi connectivity index (χ0) is 28.1. The number of rotatable bonds is 9. The topological polar surface area (TPSA) is 86.8 Å². The highest BCUT2D eigenvalue weighted by Gasteiger charge is 2.33. The fraction of sp³-hybridized carbons (Fsp3) is 0.310. The van der Waals surface area contributed by atoms with Gasteiger partial charge in [-0.1, -0.05) is 59.6 Å². The predicted octanol–water partition coefficient (Wildman–Crippen LogP) is 5.18. The van der Waals surface area contributed by atoms with Gasteiger partial charge in [-0.2, -0.15) is 0 Å². The van der Waals surface area contributed by atoms with Gasteiger partial charge in [-0.05, 0) is 76.6 Å². The first kappa shape index (κ1) is 29.2. The van der Waals surface area contributed by atoms with Gasteiger partial charge in [0.15, 0.2) is 0 Å². The Kier molecular flexibility index (Phi) is 9.22. The van der Waals surface area contributed by atoms with Gasteiger partial charge < -0.3 is 10.2 Å². The van der Waals surface area contributed by atoms with Crippen LogP contribution in [0.5, 0.6) is 0 Å². The number of benzene rings is 3. The van der Waals surface area contributed by atoms with Gasteiger partial charge in [0.25, 0.3) is 10.0 Å². The Hall–Kier alpha value is -3.36. The van der Waals surface area contributed by atoms with Crippen LogP contribution in [0.15, 0.2) is 83.8 Å². The van der Waals surface area contributed by atoms with E-state index in [0.29, 0.717) is 10.7 Å². The molecule has 0 aliphatic heterocycles. The Labute approximate surface area is 230 Å². The van der Waals surface area contributed by atoms with Crippen molar-refractivity contribution in [3.63, 3.8) is 0 Å². The molecule has 0 spiro atoms. The number of amides is 2. The average molecular weight is 556 g/mol. The van der Waals surface area contributed by atoms with Crippen LogP contribution in [0, 0.1) is 6.92 Å². The van der Waals surface area contributed by atoms with Crippen molar-refractivity contribution in [3.05, 3.63) is 95.0 Å². The van der Waals surface area contributed by atoms with Gasteiger partial charge in [0, 0.05) is 17.1 Å². The van der Waals surface area contributed by atoms with Crippen LogP contribution in [0.2, 0.25) is 5.02 Å². The summed E-state index contributed by atoms with van der Waals surface area (Å²) in [6.45, 7) is 8.71. The van der Waals surface area contributed by atoms with Crippen LogP contribution >= 0.6 is 11.6 Å². The monoisotopic (exact) mass is 555 g/mol. The molecule has 3 rings (SSSR count). The molecule has 0 aliphatic rings. The quantitative estimate of drug-likeness (QED) is 0.394. The minimum absolute atomic E-state index is 0.0659. The standard InChI is InChI=1S/C29H34ClN3O4S/c1-21-11-17-25(18-12-21)33(38(36,37)26-9-7-6-8-10-26)20-27(34)32(19-23-13-15-24(30)16-14-23)22(2)28(35)31-29(3,4)5/h6-18,22H,19-20H2,1-5H3,(H,31,35)/t22-/m1/s1. The number of halogens is 1. The summed E-state index contributed by atoms with van der Waals surface area (Å²) >= 11 is 6.03. The van der Waals surface area contributed by atoms with E-state index in [9.17, 15) is 18.0 Å². The molecule has 0 radical (unpaired) electrons. The van der Waals surface area contributed by atoms with Gasteiger partial charge in [0.05, 0.1) is 10.6 Å². The average Bonchev–Trinajstić information content (AvgIpc) is 2.86. The molecule has 0 aromatic heterocycles. The fourth-order valence-corrected chi connectivity index (χ4v) is 5.36. The smallest absolute Gasteiger partial charge is 0.264 e. The minimum Gasteiger partial charge on any atom is -0.350 e. The Morgan fingerprint density at radius 2 is 1.50 bits per heavy atom. The molecule has 0 saturated carbocycles. The van der Waals surface area contributed by atoms with E-state index < -0.39 is 34.1 Å². The van der Waals surface area contributed by atoms with Crippen molar-refractivity contribution in [1.82, 2.24) is 10.2 Å². The zero-order valence-electron chi connectivity index (χ0n) is 22.3.